The molecule has 3 rings (SSSR count). The number of aliphatic hydroxyl groups is 1. The molecule has 2 aliphatic rings. The molecule has 1 aromatic carbocycles. The number of amides is 1. The van der Waals surface area contributed by atoms with Crippen molar-refractivity contribution in [2.45, 2.75) is 38.6 Å². The number of benzene rings is 1. The molecule has 0 unspecified atom stereocenters. The molecule has 0 radical (unpaired) electrons. The van der Waals surface area contributed by atoms with Crippen molar-refractivity contribution in [3.05, 3.63) is 34.9 Å². The highest BCUT2D eigenvalue weighted by molar-refractivity contribution is 6.30. The first kappa shape index (κ1) is 17.7. The Kier molecular flexibility index (Phi) is 5.80. The van der Waals surface area contributed by atoms with E-state index in [1.165, 1.54) is 18.4 Å². The van der Waals surface area contributed by atoms with Crippen LogP contribution in [0.1, 0.15) is 37.7 Å². The van der Waals surface area contributed by atoms with E-state index in [4.69, 9.17) is 16.7 Å². The SMILES string of the molecule is O=C1CC[C@]2(CCCN(Cc3cccc(Cl)c3)C2)CN1CCCO. The van der Waals surface area contributed by atoms with E-state index < -0.39 is 0 Å². The fourth-order valence-corrected chi connectivity index (χ4v) is 4.45. The third-order valence-electron chi connectivity index (χ3n) is 5.37. The van der Waals surface area contributed by atoms with E-state index in [0.717, 1.165) is 37.6 Å². The Balaban J connectivity index is 1.64. The van der Waals surface area contributed by atoms with E-state index in [1.54, 1.807) is 0 Å². The Morgan fingerprint density at radius 1 is 1.25 bits per heavy atom. The van der Waals surface area contributed by atoms with Crippen molar-refractivity contribution in [3.63, 3.8) is 0 Å². The van der Waals surface area contributed by atoms with Crippen LogP contribution in [0.2, 0.25) is 5.02 Å². The Bertz CT molecular complexity index is 580. The molecule has 1 amide bonds. The topological polar surface area (TPSA) is 43.8 Å². The molecule has 1 N–H and O–H groups in total. The van der Waals surface area contributed by atoms with Crippen molar-refractivity contribution in [1.82, 2.24) is 9.80 Å². The lowest BCUT2D eigenvalue weighted by Crippen LogP contribution is -2.54. The second-order valence-electron chi connectivity index (χ2n) is 7.34. The van der Waals surface area contributed by atoms with Crippen LogP contribution >= 0.6 is 11.6 Å². The maximum absolute atomic E-state index is 12.2. The van der Waals surface area contributed by atoms with Gasteiger partial charge in [-0.25, -0.2) is 0 Å². The molecular weight excluding hydrogens is 324 g/mol. The lowest BCUT2D eigenvalue weighted by molar-refractivity contribution is -0.139. The molecule has 2 fully saturated rings. The fraction of sp³-hybridized carbons (Fsp3) is 0.632. The minimum absolute atomic E-state index is 0.150. The first-order valence-electron chi connectivity index (χ1n) is 8.96. The number of rotatable bonds is 5. The van der Waals surface area contributed by atoms with E-state index in [1.807, 2.05) is 23.1 Å². The number of likely N-dealkylation sites (tertiary alicyclic amines) is 2. The van der Waals surface area contributed by atoms with E-state index >= 15 is 0 Å². The van der Waals surface area contributed by atoms with Crippen LogP contribution in [0.3, 0.4) is 0 Å². The number of nitrogens with zero attached hydrogens (tertiary/aromatic N) is 2. The second-order valence-corrected chi connectivity index (χ2v) is 7.77. The molecule has 1 atom stereocenters. The van der Waals surface area contributed by atoms with Crippen LogP contribution in [0.5, 0.6) is 0 Å². The van der Waals surface area contributed by atoms with Gasteiger partial charge in [0.2, 0.25) is 5.91 Å². The summed E-state index contributed by atoms with van der Waals surface area (Å²) in [5.74, 6) is 0.251. The van der Waals surface area contributed by atoms with Crippen LogP contribution in [0.15, 0.2) is 24.3 Å². The van der Waals surface area contributed by atoms with Crippen LogP contribution < -0.4 is 0 Å². The van der Waals surface area contributed by atoms with Gasteiger partial charge in [-0.15, -0.1) is 0 Å². The van der Waals surface area contributed by atoms with E-state index in [9.17, 15) is 4.79 Å². The minimum atomic E-state index is 0.150. The lowest BCUT2D eigenvalue weighted by Gasteiger charge is -2.48. The number of carbonyl (C=O) groups is 1. The van der Waals surface area contributed by atoms with Crippen LogP contribution in [0.25, 0.3) is 0 Å². The first-order chi connectivity index (χ1) is 11.6. The third-order valence-corrected chi connectivity index (χ3v) is 5.61. The van der Waals surface area contributed by atoms with Gasteiger partial charge in [0.25, 0.3) is 0 Å². The quantitative estimate of drug-likeness (QED) is 0.888. The Morgan fingerprint density at radius 2 is 2.12 bits per heavy atom. The predicted molar refractivity (Wildman–Crippen MR) is 95.9 cm³/mol. The monoisotopic (exact) mass is 350 g/mol. The van der Waals surface area contributed by atoms with Crippen LogP contribution in [-0.2, 0) is 11.3 Å². The summed E-state index contributed by atoms with van der Waals surface area (Å²) in [5, 5.41) is 9.85. The molecule has 4 nitrogen and oxygen atoms in total. The summed E-state index contributed by atoms with van der Waals surface area (Å²) in [6, 6.07) is 8.09. The smallest absolute Gasteiger partial charge is 0.222 e. The molecule has 0 bridgehead atoms. The lowest BCUT2D eigenvalue weighted by atomic mass is 9.73. The largest absolute Gasteiger partial charge is 0.396 e. The summed E-state index contributed by atoms with van der Waals surface area (Å²) < 4.78 is 0. The molecule has 0 saturated carbocycles. The van der Waals surface area contributed by atoms with Gasteiger partial charge >= 0.3 is 0 Å². The fourth-order valence-electron chi connectivity index (χ4n) is 4.24. The zero-order valence-electron chi connectivity index (χ0n) is 14.2. The van der Waals surface area contributed by atoms with Gasteiger partial charge in [-0.2, -0.15) is 0 Å². The van der Waals surface area contributed by atoms with Crippen molar-refractivity contribution in [1.29, 1.82) is 0 Å². The third kappa shape index (κ3) is 4.29. The number of halogens is 1. The van der Waals surface area contributed by atoms with Crippen LogP contribution in [-0.4, -0.2) is 53.6 Å². The number of aliphatic hydroxyl groups excluding tert-OH is 1. The Hall–Kier alpha value is -1.10. The number of hydrogen-bond donors (Lipinski definition) is 1. The maximum Gasteiger partial charge on any atom is 0.222 e. The normalized spacial score (nSPS) is 25.4. The van der Waals surface area contributed by atoms with Crippen molar-refractivity contribution < 1.29 is 9.90 Å². The number of hydrogen-bond acceptors (Lipinski definition) is 3. The van der Waals surface area contributed by atoms with Crippen molar-refractivity contribution in [2.24, 2.45) is 5.41 Å². The average Bonchev–Trinajstić information content (AvgIpc) is 2.56. The zero-order chi connectivity index (χ0) is 17.0. The summed E-state index contributed by atoms with van der Waals surface area (Å²) >= 11 is 6.11. The van der Waals surface area contributed by atoms with Gasteiger partial charge in [-0.3, -0.25) is 9.69 Å². The second kappa shape index (κ2) is 7.85. The summed E-state index contributed by atoms with van der Waals surface area (Å²) in [5.41, 5.74) is 1.48. The summed E-state index contributed by atoms with van der Waals surface area (Å²) in [7, 11) is 0. The summed E-state index contributed by atoms with van der Waals surface area (Å²) in [4.78, 5) is 16.6. The Labute approximate surface area is 149 Å². The summed E-state index contributed by atoms with van der Waals surface area (Å²) in [6.45, 7) is 4.76. The van der Waals surface area contributed by atoms with Crippen molar-refractivity contribution in [2.75, 3.05) is 32.8 Å². The van der Waals surface area contributed by atoms with Crippen LogP contribution in [0.4, 0.5) is 0 Å². The van der Waals surface area contributed by atoms with Gasteiger partial charge in [0, 0.05) is 49.6 Å². The van der Waals surface area contributed by atoms with E-state index in [-0.39, 0.29) is 17.9 Å². The number of piperidine rings is 2. The molecule has 2 heterocycles. The van der Waals surface area contributed by atoms with Gasteiger partial charge in [0.15, 0.2) is 0 Å². The minimum Gasteiger partial charge on any atom is -0.396 e. The highest BCUT2D eigenvalue weighted by Gasteiger charge is 2.41. The molecule has 132 valence electrons. The predicted octanol–water partition coefficient (Wildman–Crippen LogP) is 2.93. The van der Waals surface area contributed by atoms with Crippen molar-refractivity contribution >= 4 is 17.5 Å². The maximum atomic E-state index is 12.2. The number of carbonyl (C=O) groups excluding carboxylic acids is 1. The van der Waals surface area contributed by atoms with Gasteiger partial charge < -0.3 is 10.0 Å². The molecular formula is C19H27ClN2O2. The molecule has 0 aliphatic carbocycles. The molecule has 1 spiro atoms. The van der Waals surface area contributed by atoms with Crippen molar-refractivity contribution in [3.8, 4) is 0 Å². The van der Waals surface area contributed by atoms with Gasteiger partial charge in [0.1, 0.15) is 0 Å². The molecule has 1 aromatic rings. The molecule has 5 heteroatoms. The first-order valence-corrected chi connectivity index (χ1v) is 9.33. The van der Waals surface area contributed by atoms with E-state index in [2.05, 4.69) is 11.0 Å². The van der Waals surface area contributed by atoms with E-state index in [0.29, 0.717) is 19.4 Å². The average molecular weight is 351 g/mol. The van der Waals surface area contributed by atoms with Gasteiger partial charge in [-0.05, 0) is 49.9 Å². The highest BCUT2D eigenvalue weighted by atomic mass is 35.5. The highest BCUT2D eigenvalue weighted by Crippen LogP contribution is 2.39. The van der Waals surface area contributed by atoms with Gasteiger partial charge in [-0.1, -0.05) is 23.7 Å². The summed E-state index contributed by atoms with van der Waals surface area (Å²) in [6.07, 6.45) is 4.70. The molecule has 24 heavy (non-hydrogen) atoms. The molecule has 2 aliphatic heterocycles. The van der Waals surface area contributed by atoms with Crippen LogP contribution in [0, 0.1) is 5.41 Å². The Morgan fingerprint density at radius 3 is 2.92 bits per heavy atom. The van der Waals surface area contributed by atoms with Gasteiger partial charge in [0.05, 0.1) is 0 Å². The molecule has 2 saturated heterocycles. The standard InChI is InChI=1S/C19H27ClN2O2/c20-17-5-1-4-16(12-17)13-21-9-2-7-19(14-21)8-6-18(24)22(15-19)10-3-11-23/h1,4-5,12,23H,2-3,6-11,13-15H2/t19-/m0/s1. The molecule has 0 aromatic heterocycles. The zero-order valence-corrected chi connectivity index (χ0v) is 15.0.